The van der Waals surface area contributed by atoms with Crippen molar-refractivity contribution in [1.82, 2.24) is 4.98 Å². The number of hydrogen-bond acceptors (Lipinski definition) is 6. The van der Waals surface area contributed by atoms with E-state index in [0.717, 1.165) is 34.7 Å². The van der Waals surface area contributed by atoms with Crippen LogP contribution in [-0.2, 0) is 0 Å². The first-order chi connectivity index (χ1) is 17.6. The van der Waals surface area contributed by atoms with Gasteiger partial charge in [0.15, 0.2) is 5.75 Å². The molecule has 4 aromatic rings. The molecule has 0 amide bonds. The number of aliphatic imine (C=N–C) groups is 1. The number of allylic oxidation sites excluding steroid dienone is 4. The van der Waals surface area contributed by atoms with E-state index in [4.69, 9.17) is 4.74 Å². The summed E-state index contributed by atoms with van der Waals surface area (Å²) in [6, 6.07) is 21.3. The summed E-state index contributed by atoms with van der Waals surface area (Å²) in [4.78, 5) is 11.8. The number of anilines is 1. The van der Waals surface area contributed by atoms with Crippen LogP contribution >= 0.6 is 23.1 Å². The van der Waals surface area contributed by atoms with E-state index in [0.29, 0.717) is 0 Å². The van der Waals surface area contributed by atoms with Gasteiger partial charge < -0.3 is 9.64 Å². The Kier molecular flexibility index (Phi) is 7.35. The van der Waals surface area contributed by atoms with Crippen LogP contribution in [0.25, 0.3) is 26.9 Å². The van der Waals surface area contributed by atoms with Crippen LogP contribution in [0.2, 0.25) is 0 Å². The molecule has 0 bridgehead atoms. The molecule has 0 atom stereocenters. The molecule has 0 spiro atoms. The molecule has 0 N–H and O–H groups in total. The van der Waals surface area contributed by atoms with Crippen molar-refractivity contribution in [2.45, 2.75) is 18.2 Å². The summed E-state index contributed by atoms with van der Waals surface area (Å²) in [6.45, 7) is 2.15. The summed E-state index contributed by atoms with van der Waals surface area (Å²) < 4.78 is 7.46. The fourth-order valence-corrected chi connectivity index (χ4v) is 5.42. The third-order valence-electron chi connectivity index (χ3n) is 5.86. The first-order valence-electron chi connectivity index (χ1n) is 11.8. The highest BCUT2D eigenvalue weighted by Crippen LogP contribution is 2.38. The smallest absolute Gasteiger partial charge is 0.151 e. The van der Waals surface area contributed by atoms with Gasteiger partial charge in [0.05, 0.1) is 27.0 Å². The maximum absolute atomic E-state index is 6.27. The molecule has 0 radical (unpaired) electrons. The molecule has 0 fully saturated rings. The average molecular weight is 510 g/mol. The molecule has 1 aromatic heterocycles. The number of ether oxygens (including phenoxy) is 1. The Bertz CT molecular complexity index is 1510. The van der Waals surface area contributed by atoms with E-state index in [-0.39, 0.29) is 0 Å². The van der Waals surface area contributed by atoms with Gasteiger partial charge in [0.2, 0.25) is 0 Å². The van der Waals surface area contributed by atoms with Crippen molar-refractivity contribution in [3.05, 3.63) is 102 Å². The second-order valence-corrected chi connectivity index (χ2v) is 10.2. The second kappa shape index (κ2) is 11.0. The molecule has 1 aliphatic heterocycles. The van der Waals surface area contributed by atoms with Crippen molar-refractivity contribution >= 4 is 50.1 Å². The Hall–Kier alpha value is -3.61. The minimum atomic E-state index is 0.800. The second-order valence-electron chi connectivity index (χ2n) is 8.37. The maximum atomic E-state index is 6.27. The molecule has 180 valence electrons. The Labute approximate surface area is 220 Å². The lowest BCUT2D eigenvalue weighted by molar-refractivity contribution is 0.434. The Morgan fingerprint density at radius 2 is 1.97 bits per heavy atom. The SMILES string of the molecule is CC/C=C(\C=C/C1=CN(C)c2cc(-c3ccc4ncsc4c3)ccc2O1)c1cccc(SC=NC)c1. The van der Waals surface area contributed by atoms with E-state index in [1.807, 2.05) is 23.3 Å². The molecule has 0 saturated carbocycles. The number of thiazole rings is 1. The molecule has 36 heavy (non-hydrogen) atoms. The minimum absolute atomic E-state index is 0.800. The number of rotatable bonds is 7. The Morgan fingerprint density at radius 1 is 1.11 bits per heavy atom. The van der Waals surface area contributed by atoms with Crippen molar-refractivity contribution in [3.8, 4) is 16.9 Å². The molecular weight excluding hydrogens is 482 g/mol. The van der Waals surface area contributed by atoms with E-state index in [1.165, 1.54) is 26.3 Å². The average Bonchev–Trinajstić information content (AvgIpc) is 3.38. The van der Waals surface area contributed by atoms with Gasteiger partial charge in [0.1, 0.15) is 5.76 Å². The van der Waals surface area contributed by atoms with Gasteiger partial charge in [-0.3, -0.25) is 4.99 Å². The zero-order valence-electron chi connectivity index (χ0n) is 20.5. The highest BCUT2D eigenvalue weighted by molar-refractivity contribution is 8.12. The van der Waals surface area contributed by atoms with Gasteiger partial charge in [-0.15, -0.1) is 11.3 Å². The first kappa shape index (κ1) is 24.1. The number of nitrogens with zero attached hydrogens (tertiary/aromatic N) is 3. The predicted molar refractivity (Wildman–Crippen MR) is 156 cm³/mol. The fraction of sp³-hybridized carbons (Fsp3) is 0.133. The summed E-state index contributed by atoms with van der Waals surface area (Å²) in [5.41, 5.74) is 10.5. The van der Waals surface area contributed by atoms with Crippen LogP contribution in [0.1, 0.15) is 18.9 Å². The summed E-state index contributed by atoms with van der Waals surface area (Å²) in [5.74, 6) is 1.65. The lowest BCUT2D eigenvalue weighted by atomic mass is 10.0. The lowest BCUT2D eigenvalue weighted by Gasteiger charge is -2.25. The lowest BCUT2D eigenvalue weighted by Crippen LogP contribution is -2.16. The minimum Gasteiger partial charge on any atom is -0.454 e. The highest BCUT2D eigenvalue weighted by atomic mass is 32.2. The number of fused-ring (bicyclic) bond motifs is 2. The third-order valence-corrected chi connectivity index (χ3v) is 7.50. The van der Waals surface area contributed by atoms with E-state index >= 15 is 0 Å². The molecule has 0 unspecified atom stereocenters. The van der Waals surface area contributed by atoms with Crippen LogP contribution < -0.4 is 9.64 Å². The zero-order chi connectivity index (χ0) is 24.9. The van der Waals surface area contributed by atoms with Crippen molar-refractivity contribution in [1.29, 1.82) is 0 Å². The summed E-state index contributed by atoms with van der Waals surface area (Å²) >= 11 is 3.29. The summed E-state index contributed by atoms with van der Waals surface area (Å²) in [5, 5.41) is 0. The van der Waals surface area contributed by atoms with Crippen molar-refractivity contribution in [2.75, 3.05) is 19.0 Å². The molecular formula is C30H27N3OS2. The number of aromatic nitrogens is 1. The van der Waals surface area contributed by atoms with Crippen LogP contribution in [0.4, 0.5) is 5.69 Å². The van der Waals surface area contributed by atoms with E-state index in [2.05, 4.69) is 102 Å². The number of hydrogen-bond donors (Lipinski definition) is 0. The van der Waals surface area contributed by atoms with Gasteiger partial charge in [0.25, 0.3) is 0 Å². The number of benzene rings is 3. The van der Waals surface area contributed by atoms with Crippen molar-refractivity contribution in [3.63, 3.8) is 0 Å². The quantitative estimate of drug-likeness (QED) is 0.108. The largest absolute Gasteiger partial charge is 0.454 e. The third kappa shape index (κ3) is 5.30. The van der Waals surface area contributed by atoms with Crippen LogP contribution in [0, 0.1) is 0 Å². The standard InChI is InChI=1S/C30H27N3OS2/c1-4-6-21(22-7-5-8-26(15-22)35-19-31-2)9-12-25-18-33(3)28-16-23(11-14-29(28)34-25)24-10-13-27-30(17-24)36-20-32-27/h5-20H,4H2,1-3H3/b12-9-,21-6+,31-19?. The Morgan fingerprint density at radius 3 is 2.83 bits per heavy atom. The van der Waals surface area contributed by atoms with Crippen LogP contribution in [-0.4, -0.2) is 24.6 Å². The summed E-state index contributed by atoms with van der Waals surface area (Å²) in [7, 11) is 3.85. The van der Waals surface area contributed by atoms with E-state index < -0.39 is 0 Å². The predicted octanol–water partition coefficient (Wildman–Crippen LogP) is 8.43. The van der Waals surface area contributed by atoms with Crippen molar-refractivity contribution < 1.29 is 4.74 Å². The van der Waals surface area contributed by atoms with Crippen LogP contribution in [0.3, 0.4) is 0 Å². The van der Waals surface area contributed by atoms with Gasteiger partial charge in [-0.25, -0.2) is 4.98 Å². The van der Waals surface area contributed by atoms with Gasteiger partial charge in [-0.05, 0) is 71.2 Å². The fourth-order valence-electron chi connectivity index (χ4n) is 4.12. The normalized spacial score (nSPS) is 13.9. The molecule has 5 rings (SSSR count). The zero-order valence-corrected chi connectivity index (χ0v) is 22.1. The van der Waals surface area contributed by atoms with E-state index in [9.17, 15) is 0 Å². The monoisotopic (exact) mass is 509 g/mol. The number of thioether (sulfide) groups is 1. The molecule has 3 aromatic carbocycles. The molecule has 2 heterocycles. The van der Waals surface area contributed by atoms with Gasteiger partial charge in [-0.2, -0.15) is 0 Å². The Balaban J connectivity index is 1.37. The molecule has 4 nitrogen and oxygen atoms in total. The van der Waals surface area contributed by atoms with Crippen LogP contribution in [0.15, 0.2) is 106 Å². The molecule has 0 saturated heterocycles. The van der Waals surface area contributed by atoms with Gasteiger partial charge >= 0.3 is 0 Å². The van der Waals surface area contributed by atoms with Crippen LogP contribution in [0.5, 0.6) is 5.75 Å². The molecule has 1 aliphatic rings. The topological polar surface area (TPSA) is 37.7 Å². The van der Waals surface area contributed by atoms with Gasteiger partial charge in [0, 0.05) is 25.2 Å². The molecule has 0 aliphatic carbocycles. The first-order valence-corrected chi connectivity index (χ1v) is 13.6. The maximum Gasteiger partial charge on any atom is 0.151 e. The summed E-state index contributed by atoms with van der Waals surface area (Å²) in [6.07, 6.45) is 9.39. The van der Waals surface area contributed by atoms with Crippen molar-refractivity contribution in [2.24, 2.45) is 4.99 Å². The molecule has 6 heteroatoms. The highest BCUT2D eigenvalue weighted by Gasteiger charge is 2.17. The van der Waals surface area contributed by atoms with Gasteiger partial charge in [-0.1, -0.05) is 55.1 Å². The van der Waals surface area contributed by atoms with E-state index in [1.54, 1.807) is 30.1 Å².